The van der Waals surface area contributed by atoms with E-state index in [1.165, 1.54) is 18.5 Å². The van der Waals surface area contributed by atoms with Crippen molar-refractivity contribution >= 4 is 40.7 Å². The van der Waals surface area contributed by atoms with Crippen molar-refractivity contribution in [1.82, 2.24) is 9.88 Å². The summed E-state index contributed by atoms with van der Waals surface area (Å²) in [6.45, 7) is 0.0459. The number of anilines is 1. The molecule has 1 aliphatic rings. The van der Waals surface area contributed by atoms with E-state index in [4.69, 9.17) is 23.2 Å². The smallest absolute Gasteiger partial charge is 0.264 e. The first-order valence-electron chi connectivity index (χ1n) is 6.07. The number of imide groups is 1. The van der Waals surface area contributed by atoms with Crippen LogP contribution in [0.3, 0.4) is 0 Å². The van der Waals surface area contributed by atoms with Crippen LogP contribution in [0, 0.1) is 0 Å². The number of fused-ring (bicyclic) bond motifs is 1. The molecule has 0 unspecified atom stereocenters. The summed E-state index contributed by atoms with van der Waals surface area (Å²) in [7, 11) is 0. The second kappa shape index (κ2) is 5.35. The zero-order chi connectivity index (χ0) is 15.0. The number of carbonyl (C=O) groups is 2. The number of rotatable bonds is 3. The molecule has 1 aromatic heterocycles. The minimum absolute atomic E-state index is 0.0459. The van der Waals surface area contributed by atoms with E-state index in [0.717, 1.165) is 4.90 Å². The monoisotopic (exact) mass is 321 g/mol. The van der Waals surface area contributed by atoms with E-state index >= 15 is 0 Å². The lowest BCUT2D eigenvalue weighted by Crippen LogP contribution is -2.34. The first-order valence-corrected chi connectivity index (χ1v) is 6.82. The maximum absolute atomic E-state index is 12.1. The van der Waals surface area contributed by atoms with Crippen LogP contribution in [0.25, 0.3) is 0 Å². The second-order valence-corrected chi connectivity index (χ2v) is 5.24. The summed E-state index contributed by atoms with van der Waals surface area (Å²) < 4.78 is 0. The van der Waals surface area contributed by atoms with Crippen LogP contribution in [-0.2, 0) is 0 Å². The van der Waals surface area contributed by atoms with E-state index in [2.05, 4.69) is 10.3 Å². The van der Waals surface area contributed by atoms with Crippen molar-refractivity contribution in [2.24, 2.45) is 0 Å². The van der Waals surface area contributed by atoms with E-state index in [0.29, 0.717) is 26.9 Å². The summed E-state index contributed by atoms with van der Waals surface area (Å²) in [5.74, 6) is -0.708. The molecule has 0 radical (unpaired) electrons. The maximum atomic E-state index is 12.1. The molecule has 0 spiro atoms. The highest BCUT2D eigenvalue weighted by Crippen LogP contribution is 2.26. The molecule has 2 aromatic rings. The quantitative estimate of drug-likeness (QED) is 0.882. The van der Waals surface area contributed by atoms with Gasteiger partial charge in [0, 0.05) is 18.1 Å². The number of carbonyl (C=O) groups excluding carboxylic acids is 2. The number of hydrogen-bond acceptors (Lipinski definition) is 4. The molecule has 0 atom stereocenters. The lowest BCUT2D eigenvalue weighted by Gasteiger charge is -2.15. The Morgan fingerprint density at radius 1 is 1.05 bits per heavy atom. The molecule has 0 saturated carbocycles. The first-order chi connectivity index (χ1) is 10.1. The van der Waals surface area contributed by atoms with Gasteiger partial charge < -0.3 is 5.32 Å². The van der Waals surface area contributed by atoms with E-state index < -0.39 is 0 Å². The van der Waals surface area contributed by atoms with Crippen LogP contribution in [-0.4, -0.2) is 28.4 Å². The number of amides is 2. The van der Waals surface area contributed by atoms with Crippen molar-refractivity contribution in [1.29, 1.82) is 0 Å². The fourth-order valence-corrected chi connectivity index (χ4v) is 2.35. The van der Waals surface area contributed by atoms with Gasteiger partial charge in [-0.3, -0.25) is 19.5 Å². The van der Waals surface area contributed by atoms with Gasteiger partial charge in [-0.15, -0.1) is 0 Å². The van der Waals surface area contributed by atoms with Crippen LogP contribution in [0.4, 0.5) is 5.69 Å². The zero-order valence-electron chi connectivity index (χ0n) is 10.6. The molecule has 0 bridgehead atoms. The van der Waals surface area contributed by atoms with Crippen molar-refractivity contribution in [2.45, 2.75) is 0 Å². The number of nitrogens with zero attached hydrogens (tertiary/aromatic N) is 2. The number of aromatic nitrogens is 1. The van der Waals surface area contributed by atoms with Crippen LogP contribution in [0.2, 0.25) is 10.0 Å². The standard InChI is InChI=1S/C14H9Cl2N3O2/c15-11-2-1-8(5-12(11)16)18-7-19-13(20)9-3-4-17-6-10(9)14(19)21/h1-6,18H,7H2. The highest BCUT2D eigenvalue weighted by molar-refractivity contribution is 6.42. The Bertz CT molecular complexity index is 714. The third-order valence-electron chi connectivity index (χ3n) is 3.13. The normalized spacial score (nSPS) is 13.5. The zero-order valence-corrected chi connectivity index (χ0v) is 12.1. The molecular weight excluding hydrogens is 313 g/mol. The van der Waals surface area contributed by atoms with Gasteiger partial charge in [-0.25, -0.2) is 0 Å². The molecule has 7 heteroatoms. The maximum Gasteiger partial charge on any atom is 0.264 e. The average Bonchev–Trinajstić information content (AvgIpc) is 2.73. The van der Waals surface area contributed by atoms with Gasteiger partial charge in [0.1, 0.15) is 0 Å². The SMILES string of the molecule is O=C1c2ccncc2C(=O)N1CNc1ccc(Cl)c(Cl)c1. The van der Waals surface area contributed by atoms with E-state index in [1.54, 1.807) is 18.2 Å². The lowest BCUT2D eigenvalue weighted by atomic mass is 10.2. The summed E-state index contributed by atoms with van der Waals surface area (Å²) >= 11 is 11.7. The molecule has 0 saturated heterocycles. The Morgan fingerprint density at radius 2 is 1.81 bits per heavy atom. The molecule has 21 heavy (non-hydrogen) atoms. The Morgan fingerprint density at radius 3 is 2.52 bits per heavy atom. The molecule has 3 rings (SSSR count). The van der Waals surface area contributed by atoms with Crippen molar-refractivity contribution in [2.75, 3.05) is 12.0 Å². The summed E-state index contributed by atoms with van der Waals surface area (Å²) in [6.07, 6.45) is 2.88. The Kier molecular flexibility index (Phi) is 3.53. The van der Waals surface area contributed by atoms with Gasteiger partial charge in [0.05, 0.1) is 27.8 Å². The van der Waals surface area contributed by atoms with Crippen LogP contribution in [0.1, 0.15) is 20.7 Å². The molecule has 1 N–H and O–H groups in total. The minimum atomic E-state index is -0.365. The topological polar surface area (TPSA) is 62.3 Å². The number of pyridine rings is 1. The molecular formula is C14H9Cl2N3O2. The van der Waals surface area contributed by atoms with Crippen LogP contribution in [0.15, 0.2) is 36.7 Å². The fraction of sp³-hybridized carbons (Fsp3) is 0.0714. The van der Waals surface area contributed by atoms with Gasteiger partial charge >= 0.3 is 0 Å². The van der Waals surface area contributed by atoms with E-state index in [9.17, 15) is 9.59 Å². The Hall–Kier alpha value is -2.11. The summed E-state index contributed by atoms with van der Waals surface area (Å²) in [5.41, 5.74) is 1.35. The highest BCUT2D eigenvalue weighted by Gasteiger charge is 2.35. The fourth-order valence-electron chi connectivity index (χ4n) is 2.05. The summed E-state index contributed by atoms with van der Waals surface area (Å²) in [4.78, 5) is 29.2. The van der Waals surface area contributed by atoms with Gasteiger partial charge in [-0.05, 0) is 24.3 Å². The van der Waals surface area contributed by atoms with Gasteiger partial charge in [0.2, 0.25) is 0 Å². The van der Waals surface area contributed by atoms with E-state index in [-0.39, 0.29) is 18.5 Å². The number of benzene rings is 1. The van der Waals surface area contributed by atoms with Crippen molar-refractivity contribution in [3.05, 3.63) is 57.8 Å². The predicted octanol–water partition coefficient (Wildman–Crippen LogP) is 3.05. The number of halogens is 2. The number of nitrogens with one attached hydrogen (secondary N) is 1. The van der Waals surface area contributed by atoms with Crippen molar-refractivity contribution < 1.29 is 9.59 Å². The average molecular weight is 322 g/mol. The third-order valence-corrected chi connectivity index (χ3v) is 3.87. The first kappa shape index (κ1) is 13.9. The minimum Gasteiger partial charge on any atom is -0.367 e. The molecule has 2 amide bonds. The molecule has 5 nitrogen and oxygen atoms in total. The van der Waals surface area contributed by atoms with Crippen molar-refractivity contribution in [3.8, 4) is 0 Å². The second-order valence-electron chi connectivity index (χ2n) is 4.42. The molecule has 0 aliphatic carbocycles. The van der Waals surface area contributed by atoms with Crippen molar-refractivity contribution in [3.63, 3.8) is 0 Å². The number of hydrogen-bond donors (Lipinski definition) is 1. The van der Waals surface area contributed by atoms with Gasteiger partial charge in [-0.1, -0.05) is 23.2 Å². The molecule has 1 aliphatic heterocycles. The third kappa shape index (κ3) is 2.46. The molecule has 106 valence electrons. The summed E-state index contributed by atoms with van der Waals surface area (Å²) in [6, 6.07) is 6.52. The van der Waals surface area contributed by atoms with Crippen LogP contribution < -0.4 is 5.32 Å². The molecule has 2 heterocycles. The Balaban J connectivity index is 1.76. The predicted molar refractivity (Wildman–Crippen MR) is 79.7 cm³/mol. The highest BCUT2D eigenvalue weighted by atomic mass is 35.5. The van der Waals surface area contributed by atoms with E-state index in [1.807, 2.05) is 0 Å². The summed E-state index contributed by atoms with van der Waals surface area (Å²) in [5, 5.41) is 3.81. The Labute approximate surface area is 130 Å². The van der Waals surface area contributed by atoms with Gasteiger partial charge in [0.25, 0.3) is 11.8 Å². The molecule has 0 fully saturated rings. The van der Waals surface area contributed by atoms with Gasteiger partial charge in [0.15, 0.2) is 0 Å². The largest absolute Gasteiger partial charge is 0.367 e. The lowest BCUT2D eigenvalue weighted by molar-refractivity contribution is 0.0666. The van der Waals surface area contributed by atoms with Crippen LogP contribution >= 0.6 is 23.2 Å². The molecule has 1 aromatic carbocycles. The van der Waals surface area contributed by atoms with Gasteiger partial charge in [-0.2, -0.15) is 0 Å². The van der Waals surface area contributed by atoms with Crippen LogP contribution in [0.5, 0.6) is 0 Å².